The zero-order valence-corrected chi connectivity index (χ0v) is 12.0. The van der Waals surface area contributed by atoms with Crippen LogP contribution in [0, 0.1) is 12.8 Å². The van der Waals surface area contributed by atoms with Crippen molar-refractivity contribution in [2.75, 3.05) is 26.2 Å². The molecule has 0 saturated carbocycles. The zero-order chi connectivity index (χ0) is 13.7. The topological polar surface area (TPSA) is 32.7 Å². The molecule has 3 heteroatoms. The molecule has 106 valence electrons. The summed E-state index contributed by atoms with van der Waals surface area (Å²) in [5.41, 5.74) is 1.18. The Morgan fingerprint density at radius 3 is 3.05 bits per heavy atom. The number of hydrogen-bond acceptors (Lipinski definition) is 3. The monoisotopic (exact) mass is 263 g/mol. The van der Waals surface area contributed by atoms with Crippen molar-refractivity contribution >= 4 is 0 Å². The minimum Gasteiger partial charge on any atom is -0.491 e. The van der Waals surface area contributed by atoms with Crippen molar-refractivity contribution in [3.63, 3.8) is 0 Å². The summed E-state index contributed by atoms with van der Waals surface area (Å²) in [5, 5.41) is 10.1. The third-order valence-corrected chi connectivity index (χ3v) is 3.64. The maximum absolute atomic E-state index is 10.1. The van der Waals surface area contributed by atoms with Gasteiger partial charge >= 0.3 is 0 Å². The maximum Gasteiger partial charge on any atom is 0.119 e. The van der Waals surface area contributed by atoms with Crippen LogP contribution in [-0.4, -0.2) is 42.4 Å². The molecule has 1 fully saturated rings. The van der Waals surface area contributed by atoms with E-state index in [2.05, 4.69) is 11.8 Å². The molecule has 0 aliphatic carbocycles. The molecule has 2 rings (SSSR count). The second-order valence-corrected chi connectivity index (χ2v) is 5.79. The van der Waals surface area contributed by atoms with E-state index in [4.69, 9.17) is 4.74 Å². The molecule has 2 atom stereocenters. The fourth-order valence-electron chi connectivity index (χ4n) is 2.70. The molecular formula is C16H25NO2. The molecule has 0 spiro atoms. The summed E-state index contributed by atoms with van der Waals surface area (Å²) >= 11 is 0. The van der Waals surface area contributed by atoms with Gasteiger partial charge in [0.15, 0.2) is 0 Å². The van der Waals surface area contributed by atoms with E-state index in [9.17, 15) is 5.11 Å². The summed E-state index contributed by atoms with van der Waals surface area (Å²) in [6, 6.07) is 7.94. The lowest BCUT2D eigenvalue weighted by atomic mass is 10.0. The Morgan fingerprint density at radius 2 is 2.32 bits per heavy atom. The molecule has 1 saturated heterocycles. The van der Waals surface area contributed by atoms with Crippen molar-refractivity contribution in [3.8, 4) is 5.75 Å². The predicted molar refractivity (Wildman–Crippen MR) is 77.5 cm³/mol. The lowest BCUT2D eigenvalue weighted by Crippen LogP contribution is -2.41. The van der Waals surface area contributed by atoms with Crippen molar-refractivity contribution in [1.29, 1.82) is 0 Å². The highest BCUT2D eigenvalue weighted by molar-refractivity contribution is 5.27. The average molecular weight is 263 g/mol. The first-order valence-corrected chi connectivity index (χ1v) is 7.23. The number of rotatable bonds is 5. The Bertz CT molecular complexity index is 394. The van der Waals surface area contributed by atoms with E-state index in [0.717, 1.165) is 31.3 Å². The Morgan fingerprint density at radius 1 is 1.47 bits per heavy atom. The Balaban J connectivity index is 1.73. The number of hydrogen-bond donors (Lipinski definition) is 1. The lowest BCUT2D eigenvalue weighted by Gasteiger charge is -2.32. The largest absolute Gasteiger partial charge is 0.491 e. The van der Waals surface area contributed by atoms with E-state index in [1.807, 2.05) is 31.2 Å². The summed E-state index contributed by atoms with van der Waals surface area (Å²) in [6.45, 7) is 7.61. The van der Waals surface area contributed by atoms with Crippen LogP contribution >= 0.6 is 0 Å². The van der Waals surface area contributed by atoms with E-state index >= 15 is 0 Å². The molecule has 1 aromatic carbocycles. The van der Waals surface area contributed by atoms with E-state index in [1.54, 1.807) is 0 Å². The molecule has 1 aromatic rings. The van der Waals surface area contributed by atoms with Crippen LogP contribution in [0.1, 0.15) is 25.3 Å². The van der Waals surface area contributed by atoms with Crippen LogP contribution in [0.3, 0.4) is 0 Å². The number of nitrogens with zero attached hydrogens (tertiary/aromatic N) is 1. The van der Waals surface area contributed by atoms with Gasteiger partial charge in [-0.25, -0.2) is 0 Å². The molecule has 0 amide bonds. The molecule has 1 N–H and O–H groups in total. The van der Waals surface area contributed by atoms with Crippen LogP contribution in [0.4, 0.5) is 0 Å². The van der Waals surface area contributed by atoms with Gasteiger partial charge in [-0.3, -0.25) is 0 Å². The van der Waals surface area contributed by atoms with Crippen molar-refractivity contribution < 1.29 is 9.84 Å². The maximum atomic E-state index is 10.1. The Kier molecular flexibility index (Phi) is 5.23. The van der Waals surface area contributed by atoms with Crippen LogP contribution in [-0.2, 0) is 0 Å². The van der Waals surface area contributed by atoms with Crippen molar-refractivity contribution in [3.05, 3.63) is 29.8 Å². The van der Waals surface area contributed by atoms with Gasteiger partial charge in [-0.05, 0) is 49.9 Å². The molecular weight excluding hydrogens is 238 g/mol. The fraction of sp³-hybridized carbons (Fsp3) is 0.625. The number of aliphatic hydroxyl groups is 1. The van der Waals surface area contributed by atoms with E-state index in [-0.39, 0.29) is 0 Å². The fourth-order valence-corrected chi connectivity index (χ4v) is 2.70. The van der Waals surface area contributed by atoms with E-state index in [1.165, 1.54) is 18.4 Å². The minimum atomic E-state index is -0.411. The second-order valence-electron chi connectivity index (χ2n) is 5.79. The summed E-state index contributed by atoms with van der Waals surface area (Å²) in [7, 11) is 0. The first-order valence-electron chi connectivity index (χ1n) is 7.23. The molecule has 1 aliphatic rings. The minimum absolute atomic E-state index is 0.369. The SMILES string of the molecule is Cc1cccc(OC[C@@H](O)CN2CCC[C@@H](C)C2)c1. The summed E-state index contributed by atoms with van der Waals surface area (Å²) in [6.07, 6.45) is 2.14. The summed E-state index contributed by atoms with van der Waals surface area (Å²) < 4.78 is 5.64. The molecule has 0 radical (unpaired) electrons. The second kappa shape index (κ2) is 6.92. The van der Waals surface area contributed by atoms with Gasteiger partial charge in [-0.1, -0.05) is 19.1 Å². The predicted octanol–water partition coefficient (Wildman–Crippen LogP) is 2.47. The standard InChI is InChI=1S/C16H25NO2/c1-13-5-3-7-16(9-13)19-12-15(18)11-17-8-4-6-14(2)10-17/h3,5,7,9,14-15,18H,4,6,8,10-12H2,1-2H3/t14-,15+/m1/s1. The number of likely N-dealkylation sites (tertiary alicyclic amines) is 1. The van der Waals surface area contributed by atoms with Gasteiger partial charge in [-0.2, -0.15) is 0 Å². The molecule has 3 nitrogen and oxygen atoms in total. The third kappa shape index (κ3) is 4.84. The normalized spacial score (nSPS) is 22.2. The first-order chi connectivity index (χ1) is 9.13. The number of benzene rings is 1. The molecule has 0 bridgehead atoms. The van der Waals surface area contributed by atoms with E-state index in [0.29, 0.717) is 6.61 Å². The van der Waals surface area contributed by atoms with Crippen molar-refractivity contribution in [2.45, 2.75) is 32.8 Å². The Labute approximate surface area is 116 Å². The molecule has 0 aromatic heterocycles. The van der Waals surface area contributed by atoms with Gasteiger partial charge in [0.1, 0.15) is 18.5 Å². The third-order valence-electron chi connectivity index (χ3n) is 3.64. The van der Waals surface area contributed by atoms with Crippen molar-refractivity contribution in [1.82, 2.24) is 4.90 Å². The highest BCUT2D eigenvalue weighted by atomic mass is 16.5. The van der Waals surface area contributed by atoms with E-state index < -0.39 is 6.10 Å². The van der Waals surface area contributed by atoms with Crippen LogP contribution in [0.25, 0.3) is 0 Å². The smallest absolute Gasteiger partial charge is 0.119 e. The number of aryl methyl sites for hydroxylation is 1. The number of ether oxygens (including phenoxy) is 1. The summed E-state index contributed by atoms with van der Waals surface area (Å²) in [4.78, 5) is 2.35. The number of piperidine rings is 1. The molecule has 0 unspecified atom stereocenters. The molecule has 19 heavy (non-hydrogen) atoms. The zero-order valence-electron chi connectivity index (χ0n) is 12.0. The number of aliphatic hydroxyl groups excluding tert-OH is 1. The highest BCUT2D eigenvalue weighted by Crippen LogP contribution is 2.16. The lowest BCUT2D eigenvalue weighted by molar-refractivity contribution is 0.0537. The average Bonchev–Trinajstić information content (AvgIpc) is 2.36. The quantitative estimate of drug-likeness (QED) is 0.886. The van der Waals surface area contributed by atoms with Gasteiger partial charge in [0.25, 0.3) is 0 Å². The van der Waals surface area contributed by atoms with Gasteiger partial charge in [0.05, 0.1) is 0 Å². The van der Waals surface area contributed by atoms with Gasteiger partial charge < -0.3 is 14.7 Å². The number of β-amino-alcohol motifs (C(OH)–C–C–N with tert-alkyl or cyclic N) is 1. The Hall–Kier alpha value is -1.06. The highest BCUT2D eigenvalue weighted by Gasteiger charge is 2.19. The van der Waals surface area contributed by atoms with Gasteiger partial charge in [0, 0.05) is 13.1 Å². The van der Waals surface area contributed by atoms with Gasteiger partial charge in [0.2, 0.25) is 0 Å². The van der Waals surface area contributed by atoms with Crippen molar-refractivity contribution in [2.24, 2.45) is 5.92 Å². The summed E-state index contributed by atoms with van der Waals surface area (Å²) in [5.74, 6) is 1.59. The van der Waals surface area contributed by atoms with Crippen LogP contribution < -0.4 is 4.74 Å². The van der Waals surface area contributed by atoms with Crippen LogP contribution in [0.15, 0.2) is 24.3 Å². The van der Waals surface area contributed by atoms with Gasteiger partial charge in [-0.15, -0.1) is 0 Å². The van der Waals surface area contributed by atoms with Crippen LogP contribution in [0.5, 0.6) is 5.75 Å². The molecule has 1 heterocycles. The van der Waals surface area contributed by atoms with Crippen LogP contribution in [0.2, 0.25) is 0 Å². The first kappa shape index (κ1) is 14.4. The molecule has 1 aliphatic heterocycles.